The topological polar surface area (TPSA) is 42.4 Å². The maximum absolute atomic E-state index is 10.0. The van der Waals surface area contributed by atoms with Crippen LogP contribution in [0.4, 0.5) is 0 Å². The summed E-state index contributed by atoms with van der Waals surface area (Å²) in [6, 6.07) is 7.50. The summed E-state index contributed by atoms with van der Waals surface area (Å²) in [5.41, 5.74) is 1.84. The summed E-state index contributed by atoms with van der Waals surface area (Å²) in [6.07, 6.45) is 1.77. The third-order valence-electron chi connectivity index (χ3n) is 3.13. The summed E-state index contributed by atoms with van der Waals surface area (Å²) in [7, 11) is 0. The number of pyridine rings is 1. The number of halogens is 1. The second-order valence-electron chi connectivity index (χ2n) is 5.35. The van der Waals surface area contributed by atoms with Gasteiger partial charge in [-0.3, -0.25) is 4.98 Å². The standard InChI is InChI=1S/C16H18BrNO2/c1-10-7-8-18-11(2)15(10)20-14-6-5-12(9-13(14)17)16(3,4)19/h5-9,19H,1-4H3. The smallest absolute Gasteiger partial charge is 0.151 e. The minimum absolute atomic E-state index is 0.706. The fourth-order valence-electron chi connectivity index (χ4n) is 1.91. The molecule has 0 aliphatic heterocycles. The molecule has 0 radical (unpaired) electrons. The summed E-state index contributed by atoms with van der Waals surface area (Å²) in [4.78, 5) is 4.24. The van der Waals surface area contributed by atoms with Gasteiger partial charge in [0, 0.05) is 6.20 Å². The van der Waals surface area contributed by atoms with Gasteiger partial charge in [0.15, 0.2) is 5.75 Å². The molecule has 1 aromatic heterocycles. The number of hydrogen-bond acceptors (Lipinski definition) is 3. The molecule has 2 aromatic rings. The highest BCUT2D eigenvalue weighted by molar-refractivity contribution is 9.10. The van der Waals surface area contributed by atoms with Crippen molar-refractivity contribution >= 4 is 15.9 Å². The van der Waals surface area contributed by atoms with Crippen LogP contribution in [0.5, 0.6) is 11.5 Å². The first-order valence-corrected chi connectivity index (χ1v) is 7.21. The van der Waals surface area contributed by atoms with Crippen molar-refractivity contribution in [3.63, 3.8) is 0 Å². The van der Waals surface area contributed by atoms with Crippen LogP contribution in [0, 0.1) is 13.8 Å². The normalized spacial score (nSPS) is 11.5. The van der Waals surface area contributed by atoms with Crippen molar-refractivity contribution in [2.75, 3.05) is 0 Å². The van der Waals surface area contributed by atoms with Gasteiger partial charge in [-0.15, -0.1) is 0 Å². The van der Waals surface area contributed by atoms with Crippen molar-refractivity contribution in [3.8, 4) is 11.5 Å². The van der Waals surface area contributed by atoms with E-state index >= 15 is 0 Å². The Morgan fingerprint density at radius 1 is 1.20 bits per heavy atom. The molecular weight excluding hydrogens is 318 g/mol. The Morgan fingerprint density at radius 2 is 1.90 bits per heavy atom. The second kappa shape index (κ2) is 5.54. The maximum Gasteiger partial charge on any atom is 0.151 e. The van der Waals surface area contributed by atoms with Gasteiger partial charge in [0.2, 0.25) is 0 Å². The lowest BCUT2D eigenvalue weighted by atomic mass is 9.99. The number of benzene rings is 1. The number of aromatic nitrogens is 1. The minimum Gasteiger partial charge on any atom is -0.454 e. The van der Waals surface area contributed by atoms with E-state index in [9.17, 15) is 5.11 Å². The molecule has 0 saturated heterocycles. The highest BCUT2D eigenvalue weighted by Gasteiger charge is 2.18. The van der Waals surface area contributed by atoms with E-state index in [1.807, 2.05) is 38.1 Å². The molecule has 0 saturated carbocycles. The molecule has 0 fully saturated rings. The summed E-state index contributed by atoms with van der Waals surface area (Å²) in [5.74, 6) is 1.47. The number of rotatable bonds is 3. The largest absolute Gasteiger partial charge is 0.454 e. The molecule has 2 rings (SSSR count). The number of ether oxygens (including phenoxy) is 1. The van der Waals surface area contributed by atoms with Crippen LogP contribution >= 0.6 is 15.9 Å². The van der Waals surface area contributed by atoms with Crippen molar-refractivity contribution in [3.05, 3.63) is 51.8 Å². The Labute approximate surface area is 127 Å². The molecule has 106 valence electrons. The van der Waals surface area contributed by atoms with E-state index in [0.29, 0.717) is 5.75 Å². The Balaban J connectivity index is 2.36. The third kappa shape index (κ3) is 3.19. The van der Waals surface area contributed by atoms with Crippen LogP contribution in [-0.4, -0.2) is 10.1 Å². The van der Waals surface area contributed by atoms with E-state index in [1.165, 1.54) is 0 Å². The molecule has 20 heavy (non-hydrogen) atoms. The molecule has 1 aromatic carbocycles. The molecule has 1 N–H and O–H groups in total. The lowest BCUT2D eigenvalue weighted by Gasteiger charge is -2.19. The maximum atomic E-state index is 10.0. The zero-order chi connectivity index (χ0) is 14.9. The summed E-state index contributed by atoms with van der Waals surface area (Å²) < 4.78 is 6.75. The molecule has 0 atom stereocenters. The van der Waals surface area contributed by atoms with Gasteiger partial charge in [-0.2, -0.15) is 0 Å². The fraction of sp³-hybridized carbons (Fsp3) is 0.312. The second-order valence-corrected chi connectivity index (χ2v) is 6.20. The molecule has 0 amide bonds. The molecule has 0 bridgehead atoms. The van der Waals surface area contributed by atoms with Crippen molar-refractivity contribution in [1.82, 2.24) is 4.98 Å². The average Bonchev–Trinajstić information content (AvgIpc) is 2.34. The molecule has 0 spiro atoms. The van der Waals surface area contributed by atoms with E-state index in [1.54, 1.807) is 20.0 Å². The average molecular weight is 336 g/mol. The molecule has 3 nitrogen and oxygen atoms in total. The van der Waals surface area contributed by atoms with Crippen LogP contribution in [0.1, 0.15) is 30.7 Å². The van der Waals surface area contributed by atoms with E-state index in [0.717, 1.165) is 27.0 Å². The summed E-state index contributed by atoms with van der Waals surface area (Å²) in [5, 5.41) is 10.0. The molecule has 0 unspecified atom stereocenters. The first kappa shape index (κ1) is 15.0. The van der Waals surface area contributed by atoms with Crippen LogP contribution in [-0.2, 0) is 5.60 Å². The fourth-order valence-corrected chi connectivity index (χ4v) is 2.37. The van der Waals surface area contributed by atoms with Crippen LogP contribution in [0.15, 0.2) is 34.9 Å². The predicted molar refractivity (Wildman–Crippen MR) is 83.2 cm³/mol. The number of aryl methyl sites for hydroxylation is 2. The van der Waals surface area contributed by atoms with Gasteiger partial charge in [0.05, 0.1) is 15.8 Å². The zero-order valence-corrected chi connectivity index (χ0v) is 13.7. The number of nitrogens with zero attached hydrogens (tertiary/aromatic N) is 1. The van der Waals surface area contributed by atoms with E-state index in [-0.39, 0.29) is 0 Å². The number of aliphatic hydroxyl groups is 1. The Bertz CT molecular complexity index is 613. The summed E-state index contributed by atoms with van der Waals surface area (Å²) >= 11 is 3.49. The lowest BCUT2D eigenvalue weighted by molar-refractivity contribution is 0.0785. The van der Waals surface area contributed by atoms with E-state index < -0.39 is 5.60 Å². The van der Waals surface area contributed by atoms with Crippen molar-refractivity contribution in [2.45, 2.75) is 33.3 Å². The first-order chi connectivity index (χ1) is 9.29. The van der Waals surface area contributed by atoms with Gasteiger partial charge in [0.1, 0.15) is 5.75 Å². The van der Waals surface area contributed by atoms with Crippen LogP contribution < -0.4 is 4.74 Å². The minimum atomic E-state index is -0.874. The zero-order valence-electron chi connectivity index (χ0n) is 12.1. The summed E-state index contributed by atoms with van der Waals surface area (Å²) in [6.45, 7) is 7.42. The van der Waals surface area contributed by atoms with Crippen molar-refractivity contribution in [1.29, 1.82) is 0 Å². The lowest BCUT2D eigenvalue weighted by Crippen LogP contribution is -2.15. The highest BCUT2D eigenvalue weighted by Crippen LogP contribution is 2.35. The van der Waals surface area contributed by atoms with Crippen molar-refractivity contribution in [2.24, 2.45) is 0 Å². The van der Waals surface area contributed by atoms with Crippen LogP contribution in [0.25, 0.3) is 0 Å². The molecule has 0 aliphatic carbocycles. The van der Waals surface area contributed by atoms with Gasteiger partial charge in [-0.25, -0.2) is 0 Å². The van der Waals surface area contributed by atoms with Gasteiger partial charge < -0.3 is 9.84 Å². The molecule has 4 heteroatoms. The molecular formula is C16H18BrNO2. The quantitative estimate of drug-likeness (QED) is 0.899. The van der Waals surface area contributed by atoms with Gasteiger partial charge >= 0.3 is 0 Å². The van der Waals surface area contributed by atoms with Crippen LogP contribution in [0.2, 0.25) is 0 Å². The van der Waals surface area contributed by atoms with Crippen LogP contribution in [0.3, 0.4) is 0 Å². The Kier molecular flexibility index (Phi) is 4.16. The highest BCUT2D eigenvalue weighted by atomic mass is 79.9. The first-order valence-electron chi connectivity index (χ1n) is 6.41. The van der Waals surface area contributed by atoms with Crippen molar-refractivity contribution < 1.29 is 9.84 Å². The van der Waals surface area contributed by atoms with E-state index in [4.69, 9.17) is 4.74 Å². The molecule has 0 aliphatic rings. The molecule has 1 heterocycles. The number of hydrogen-bond donors (Lipinski definition) is 1. The predicted octanol–water partition coefficient (Wildman–Crippen LogP) is 4.48. The van der Waals surface area contributed by atoms with E-state index in [2.05, 4.69) is 20.9 Å². The van der Waals surface area contributed by atoms with Gasteiger partial charge in [-0.05, 0) is 73.0 Å². The SMILES string of the molecule is Cc1ccnc(C)c1Oc1ccc(C(C)(C)O)cc1Br. The Morgan fingerprint density at radius 3 is 2.45 bits per heavy atom. The van der Waals surface area contributed by atoms with Gasteiger partial charge in [0.25, 0.3) is 0 Å². The third-order valence-corrected chi connectivity index (χ3v) is 3.75. The monoisotopic (exact) mass is 335 g/mol. The van der Waals surface area contributed by atoms with Gasteiger partial charge in [-0.1, -0.05) is 6.07 Å². The Hall–Kier alpha value is -1.39.